The van der Waals surface area contributed by atoms with Crippen LogP contribution in [0.1, 0.15) is 33.6 Å². The molecule has 0 aliphatic heterocycles. The Bertz CT molecular complexity index is 263. The molecule has 5 nitrogen and oxygen atoms in total. The summed E-state index contributed by atoms with van der Waals surface area (Å²) in [5.41, 5.74) is -0.324. The maximum absolute atomic E-state index is 11.8. The van der Waals surface area contributed by atoms with Gasteiger partial charge in [0, 0.05) is 24.7 Å². The highest BCUT2D eigenvalue weighted by Gasteiger charge is 2.24. The van der Waals surface area contributed by atoms with Crippen LogP contribution in [0.15, 0.2) is 0 Å². The first-order chi connectivity index (χ1) is 8.10. The lowest BCUT2D eigenvalue weighted by molar-refractivity contribution is -0.903. The number of carbonyl (C=O) groups is 1. The molecular weight excluding hydrogens is 232 g/mol. The smallest absolute Gasteiger partial charge is 0.225 e. The van der Waals surface area contributed by atoms with Crippen LogP contribution < -0.4 is 10.4 Å². The average Bonchev–Trinajstić information content (AvgIpc) is 2.22. The molecule has 0 spiro atoms. The minimum atomic E-state index is -1.53. The summed E-state index contributed by atoms with van der Waals surface area (Å²) in [6.07, 6.45) is 0.0715. The molecule has 18 heavy (non-hydrogen) atoms. The van der Waals surface area contributed by atoms with E-state index >= 15 is 0 Å². The molecule has 1 atom stereocenters. The van der Waals surface area contributed by atoms with Crippen LogP contribution in [0.3, 0.4) is 0 Å². The van der Waals surface area contributed by atoms with E-state index in [0.29, 0.717) is 11.0 Å². The van der Waals surface area contributed by atoms with Gasteiger partial charge in [0.15, 0.2) is 0 Å². The number of rotatable bonds is 8. The van der Waals surface area contributed by atoms with E-state index in [9.17, 15) is 9.90 Å². The van der Waals surface area contributed by atoms with Crippen molar-refractivity contribution >= 4 is 5.91 Å². The molecule has 0 saturated carbocycles. The van der Waals surface area contributed by atoms with Crippen molar-refractivity contribution in [1.82, 2.24) is 5.32 Å². The van der Waals surface area contributed by atoms with E-state index in [2.05, 4.69) is 5.32 Å². The SMILES string of the molecule is CCC(C)(C)C(=O)NCCC[N+](C)(C)CC([O-])O. The summed E-state index contributed by atoms with van der Waals surface area (Å²) in [6.45, 7) is 7.40. The van der Waals surface area contributed by atoms with Gasteiger partial charge in [-0.05, 0) is 6.42 Å². The molecule has 0 aromatic heterocycles. The first kappa shape index (κ1) is 17.4. The second kappa shape index (κ2) is 7.07. The predicted octanol–water partition coefficient (Wildman–Crippen LogP) is -0.316. The van der Waals surface area contributed by atoms with Crippen molar-refractivity contribution in [2.75, 3.05) is 33.7 Å². The van der Waals surface area contributed by atoms with Crippen LogP contribution in [0.4, 0.5) is 0 Å². The predicted molar refractivity (Wildman–Crippen MR) is 69.5 cm³/mol. The van der Waals surface area contributed by atoms with E-state index in [-0.39, 0.29) is 17.9 Å². The van der Waals surface area contributed by atoms with Crippen LogP contribution in [0, 0.1) is 5.41 Å². The largest absolute Gasteiger partial charge is 0.827 e. The molecule has 5 heteroatoms. The number of aliphatic hydroxyl groups is 1. The Kier molecular flexibility index (Phi) is 6.81. The Morgan fingerprint density at radius 2 is 2.00 bits per heavy atom. The van der Waals surface area contributed by atoms with E-state index in [1.807, 2.05) is 34.9 Å². The van der Waals surface area contributed by atoms with Gasteiger partial charge in [-0.1, -0.05) is 20.8 Å². The zero-order chi connectivity index (χ0) is 14.4. The highest BCUT2D eigenvalue weighted by molar-refractivity contribution is 5.81. The number of likely N-dealkylation sites (N-methyl/N-ethyl adjacent to an activating group) is 1. The van der Waals surface area contributed by atoms with Crippen LogP contribution in [-0.2, 0) is 4.79 Å². The summed E-state index contributed by atoms with van der Waals surface area (Å²) >= 11 is 0. The lowest BCUT2D eigenvalue weighted by Crippen LogP contribution is -2.50. The lowest BCUT2D eigenvalue weighted by Gasteiger charge is -2.34. The third-order valence-electron chi connectivity index (χ3n) is 3.37. The van der Waals surface area contributed by atoms with Crippen LogP contribution in [0.2, 0.25) is 0 Å². The van der Waals surface area contributed by atoms with Crippen molar-refractivity contribution < 1.29 is 19.5 Å². The van der Waals surface area contributed by atoms with Crippen molar-refractivity contribution in [3.05, 3.63) is 0 Å². The van der Waals surface area contributed by atoms with Crippen LogP contribution in [0.5, 0.6) is 0 Å². The van der Waals surface area contributed by atoms with Gasteiger partial charge in [0.25, 0.3) is 0 Å². The molecule has 2 N–H and O–H groups in total. The summed E-state index contributed by atoms with van der Waals surface area (Å²) in [4.78, 5) is 11.8. The highest BCUT2D eigenvalue weighted by Crippen LogP contribution is 2.19. The number of hydrogen-bond donors (Lipinski definition) is 2. The van der Waals surface area contributed by atoms with Gasteiger partial charge in [-0.2, -0.15) is 0 Å². The third kappa shape index (κ3) is 6.93. The van der Waals surface area contributed by atoms with Gasteiger partial charge in [-0.3, -0.25) is 4.79 Å². The maximum atomic E-state index is 11.8. The molecule has 0 fully saturated rings. The van der Waals surface area contributed by atoms with Crippen molar-refractivity contribution in [3.8, 4) is 0 Å². The molecule has 0 radical (unpaired) electrons. The van der Waals surface area contributed by atoms with Gasteiger partial charge in [0.2, 0.25) is 5.91 Å². The van der Waals surface area contributed by atoms with Gasteiger partial charge in [-0.25, -0.2) is 0 Å². The van der Waals surface area contributed by atoms with Gasteiger partial charge >= 0.3 is 0 Å². The van der Waals surface area contributed by atoms with E-state index in [0.717, 1.165) is 19.4 Å². The van der Waals surface area contributed by atoms with Crippen LogP contribution in [-0.4, -0.2) is 55.5 Å². The van der Waals surface area contributed by atoms with E-state index < -0.39 is 6.29 Å². The molecule has 0 rings (SSSR count). The fraction of sp³-hybridized carbons (Fsp3) is 0.923. The fourth-order valence-electron chi connectivity index (χ4n) is 1.62. The molecule has 1 amide bonds. The van der Waals surface area contributed by atoms with Crippen molar-refractivity contribution in [2.24, 2.45) is 5.41 Å². The van der Waals surface area contributed by atoms with Crippen molar-refractivity contribution in [2.45, 2.75) is 39.9 Å². The van der Waals surface area contributed by atoms with Gasteiger partial charge in [-0.15, -0.1) is 0 Å². The second-order valence-electron chi connectivity index (χ2n) is 6.14. The molecule has 0 bridgehead atoms. The summed E-state index contributed by atoms with van der Waals surface area (Å²) in [6, 6.07) is 0. The van der Waals surface area contributed by atoms with Gasteiger partial charge in [0.1, 0.15) is 0 Å². The van der Waals surface area contributed by atoms with Crippen LogP contribution >= 0.6 is 0 Å². The minimum Gasteiger partial charge on any atom is -0.827 e. The second-order valence-corrected chi connectivity index (χ2v) is 6.14. The first-order valence-electron chi connectivity index (χ1n) is 6.55. The normalized spacial score (nSPS) is 14.4. The summed E-state index contributed by atoms with van der Waals surface area (Å²) in [7, 11) is 3.80. The molecule has 0 aromatic carbocycles. The quantitative estimate of drug-likeness (QED) is 0.357. The fourth-order valence-corrected chi connectivity index (χ4v) is 1.62. The zero-order valence-electron chi connectivity index (χ0n) is 12.3. The number of nitrogens with zero attached hydrogens (tertiary/aromatic N) is 1. The number of aliphatic hydroxyl groups excluding tert-OH is 1. The molecule has 1 unspecified atom stereocenters. The highest BCUT2D eigenvalue weighted by atomic mass is 16.5. The monoisotopic (exact) mass is 260 g/mol. The molecule has 0 saturated heterocycles. The average molecular weight is 260 g/mol. The minimum absolute atomic E-state index is 0.0687. The van der Waals surface area contributed by atoms with Crippen LogP contribution in [0.25, 0.3) is 0 Å². The first-order valence-corrected chi connectivity index (χ1v) is 6.55. The van der Waals surface area contributed by atoms with Crippen molar-refractivity contribution in [3.63, 3.8) is 0 Å². The number of quaternary nitrogens is 1. The molecule has 108 valence electrons. The molecule has 0 heterocycles. The number of amides is 1. The summed E-state index contributed by atoms with van der Waals surface area (Å²) in [5, 5.41) is 22.5. The van der Waals surface area contributed by atoms with Gasteiger partial charge < -0.3 is 20.0 Å². The number of nitrogens with one attached hydrogen (secondary N) is 1. The van der Waals surface area contributed by atoms with E-state index in [4.69, 9.17) is 5.11 Å². The Morgan fingerprint density at radius 1 is 1.44 bits per heavy atom. The summed E-state index contributed by atoms with van der Waals surface area (Å²) < 4.78 is 0.470. The van der Waals surface area contributed by atoms with E-state index in [1.54, 1.807) is 0 Å². The molecular formula is C13H28N2O3. The van der Waals surface area contributed by atoms with E-state index in [1.165, 1.54) is 0 Å². The lowest BCUT2D eigenvalue weighted by atomic mass is 9.89. The Morgan fingerprint density at radius 3 is 2.44 bits per heavy atom. The summed E-state index contributed by atoms with van der Waals surface area (Å²) in [5.74, 6) is 0.0687. The number of hydrogen-bond acceptors (Lipinski definition) is 3. The Balaban J connectivity index is 3.90. The molecule has 0 aliphatic rings. The molecule has 0 aliphatic carbocycles. The third-order valence-corrected chi connectivity index (χ3v) is 3.37. The number of carbonyl (C=O) groups excluding carboxylic acids is 1. The Hall–Kier alpha value is -0.650. The van der Waals surface area contributed by atoms with Crippen molar-refractivity contribution in [1.29, 1.82) is 0 Å². The standard InChI is InChI=1S/C13H28N2O3/c1-6-13(2,3)12(18)14-8-7-9-15(4,5)10-11(16)17/h11,16H,6-10H2,1-5H3,(H,14,18). The Labute approximate surface area is 110 Å². The maximum Gasteiger partial charge on any atom is 0.225 e. The molecule has 0 aromatic rings. The topological polar surface area (TPSA) is 72.4 Å². The zero-order valence-corrected chi connectivity index (χ0v) is 12.3. The van der Waals surface area contributed by atoms with Gasteiger partial charge in [0.05, 0.1) is 27.2 Å².